The smallest absolute Gasteiger partial charge is 0.193 e. The molecule has 1 heterocycles. The summed E-state index contributed by atoms with van der Waals surface area (Å²) < 4.78 is 33.7. The van der Waals surface area contributed by atoms with Crippen LogP contribution in [0.5, 0.6) is 0 Å². The Bertz CT molecular complexity index is 1090. The summed E-state index contributed by atoms with van der Waals surface area (Å²) in [5.41, 5.74) is -0.345. The van der Waals surface area contributed by atoms with Gasteiger partial charge in [-0.15, -0.1) is 0 Å². The van der Waals surface area contributed by atoms with Crippen molar-refractivity contribution in [1.29, 1.82) is 0 Å². The molecule has 0 fully saturated rings. The van der Waals surface area contributed by atoms with Gasteiger partial charge in [-0.25, -0.2) is 8.78 Å². The molecular formula is C19H10F2O2. The number of hydrogen-bond donors (Lipinski definition) is 0. The molecule has 1 aromatic heterocycles. The molecule has 112 valence electrons. The second-order valence-corrected chi connectivity index (χ2v) is 5.23. The molecule has 0 bridgehead atoms. The monoisotopic (exact) mass is 308 g/mol. The highest BCUT2D eigenvalue weighted by atomic mass is 19.1. The summed E-state index contributed by atoms with van der Waals surface area (Å²) in [6.07, 6.45) is 0. The quantitative estimate of drug-likeness (QED) is 0.469. The van der Waals surface area contributed by atoms with Gasteiger partial charge in [-0.05, 0) is 23.6 Å². The zero-order valence-electron chi connectivity index (χ0n) is 11.8. The van der Waals surface area contributed by atoms with Crippen molar-refractivity contribution in [2.24, 2.45) is 0 Å². The molecule has 0 atom stereocenters. The van der Waals surface area contributed by atoms with Gasteiger partial charge in [0.1, 0.15) is 23.0 Å². The standard InChI is InChI=1S/C19H10F2O2/c20-14-6-3-7-15(21)18(14)17-10-16(22)13-9-8-11-4-1-2-5-12(11)19(13)23-17/h1-10H. The van der Waals surface area contributed by atoms with Crippen LogP contribution in [0.2, 0.25) is 0 Å². The van der Waals surface area contributed by atoms with Crippen LogP contribution in [0.4, 0.5) is 8.78 Å². The normalized spacial score (nSPS) is 11.2. The average Bonchev–Trinajstić information content (AvgIpc) is 2.54. The summed E-state index contributed by atoms with van der Waals surface area (Å²) in [5, 5.41) is 1.99. The van der Waals surface area contributed by atoms with Crippen molar-refractivity contribution < 1.29 is 13.2 Å². The second-order valence-electron chi connectivity index (χ2n) is 5.23. The van der Waals surface area contributed by atoms with Crippen molar-refractivity contribution in [3.05, 3.63) is 82.5 Å². The van der Waals surface area contributed by atoms with E-state index in [0.29, 0.717) is 11.0 Å². The number of rotatable bonds is 1. The van der Waals surface area contributed by atoms with Crippen LogP contribution in [0.15, 0.2) is 69.9 Å². The van der Waals surface area contributed by atoms with E-state index in [9.17, 15) is 13.6 Å². The summed E-state index contributed by atoms with van der Waals surface area (Å²) in [4.78, 5) is 12.3. The van der Waals surface area contributed by atoms with E-state index in [2.05, 4.69) is 0 Å². The van der Waals surface area contributed by atoms with Gasteiger partial charge >= 0.3 is 0 Å². The van der Waals surface area contributed by atoms with Crippen molar-refractivity contribution in [3.8, 4) is 11.3 Å². The third-order valence-electron chi connectivity index (χ3n) is 3.83. The average molecular weight is 308 g/mol. The molecule has 2 nitrogen and oxygen atoms in total. The van der Waals surface area contributed by atoms with Crippen LogP contribution in [-0.4, -0.2) is 0 Å². The molecule has 0 saturated heterocycles. The lowest BCUT2D eigenvalue weighted by molar-refractivity contribution is 0.563. The molecule has 4 aromatic rings. The Morgan fingerprint density at radius 3 is 2.30 bits per heavy atom. The van der Waals surface area contributed by atoms with Gasteiger partial charge in [-0.3, -0.25) is 4.79 Å². The van der Waals surface area contributed by atoms with E-state index in [1.807, 2.05) is 30.3 Å². The molecule has 0 radical (unpaired) electrons. The molecule has 23 heavy (non-hydrogen) atoms. The van der Waals surface area contributed by atoms with Gasteiger partial charge in [0.25, 0.3) is 0 Å². The Morgan fingerprint density at radius 1 is 0.783 bits per heavy atom. The molecule has 0 saturated carbocycles. The summed E-state index contributed by atoms with van der Waals surface area (Å²) in [7, 11) is 0. The fraction of sp³-hybridized carbons (Fsp3) is 0. The number of fused-ring (bicyclic) bond motifs is 3. The van der Waals surface area contributed by atoms with Gasteiger partial charge < -0.3 is 4.42 Å². The van der Waals surface area contributed by atoms with Gasteiger partial charge in [-0.2, -0.15) is 0 Å². The van der Waals surface area contributed by atoms with Crippen molar-refractivity contribution in [3.63, 3.8) is 0 Å². The van der Waals surface area contributed by atoms with Gasteiger partial charge in [0.15, 0.2) is 5.43 Å². The number of benzene rings is 3. The lowest BCUT2D eigenvalue weighted by Gasteiger charge is -2.07. The van der Waals surface area contributed by atoms with Gasteiger partial charge in [-0.1, -0.05) is 36.4 Å². The number of hydrogen-bond acceptors (Lipinski definition) is 2. The minimum Gasteiger partial charge on any atom is -0.455 e. The highest BCUT2D eigenvalue weighted by molar-refractivity contribution is 6.04. The van der Waals surface area contributed by atoms with Crippen LogP contribution in [0.3, 0.4) is 0 Å². The molecular weight excluding hydrogens is 298 g/mol. The molecule has 0 aliphatic heterocycles. The first-order chi connectivity index (χ1) is 11.1. The Morgan fingerprint density at radius 2 is 1.52 bits per heavy atom. The van der Waals surface area contributed by atoms with Crippen LogP contribution < -0.4 is 5.43 Å². The van der Waals surface area contributed by atoms with E-state index < -0.39 is 11.6 Å². The zero-order chi connectivity index (χ0) is 16.0. The Balaban J connectivity index is 2.14. The van der Waals surface area contributed by atoms with Gasteiger partial charge in [0.05, 0.1) is 10.9 Å². The molecule has 4 rings (SSSR count). The molecule has 0 aliphatic carbocycles. The lowest BCUT2D eigenvalue weighted by Crippen LogP contribution is -2.02. The highest BCUT2D eigenvalue weighted by Gasteiger charge is 2.16. The zero-order valence-corrected chi connectivity index (χ0v) is 11.8. The minimum atomic E-state index is -0.771. The van der Waals surface area contributed by atoms with Crippen LogP contribution in [0.1, 0.15) is 0 Å². The number of halogens is 2. The summed E-state index contributed by atoms with van der Waals surface area (Å²) in [6, 6.07) is 15.5. The predicted molar refractivity (Wildman–Crippen MR) is 85.3 cm³/mol. The Kier molecular flexibility index (Phi) is 2.98. The maximum absolute atomic E-state index is 14.0. The second kappa shape index (κ2) is 5.02. The maximum Gasteiger partial charge on any atom is 0.193 e. The lowest BCUT2D eigenvalue weighted by atomic mass is 10.1. The van der Waals surface area contributed by atoms with Crippen LogP contribution in [-0.2, 0) is 0 Å². The summed E-state index contributed by atoms with van der Waals surface area (Å²) >= 11 is 0. The van der Waals surface area contributed by atoms with Crippen LogP contribution in [0, 0.1) is 11.6 Å². The van der Waals surface area contributed by atoms with Crippen molar-refractivity contribution in [2.75, 3.05) is 0 Å². The van der Waals surface area contributed by atoms with E-state index >= 15 is 0 Å². The van der Waals surface area contributed by atoms with E-state index in [1.165, 1.54) is 6.07 Å². The first-order valence-electron chi connectivity index (χ1n) is 7.05. The van der Waals surface area contributed by atoms with Gasteiger partial charge in [0, 0.05) is 11.5 Å². The molecule has 0 unspecified atom stereocenters. The van der Waals surface area contributed by atoms with E-state index in [4.69, 9.17) is 4.42 Å². The van der Waals surface area contributed by atoms with E-state index in [0.717, 1.165) is 29.0 Å². The van der Waals surface area contributed by atoms with Crippen molar-refractivity contribution in [2.45, 2.75) is 0 Å². The van der Waals surface area contributed by atoms with Crippen LogP contribution in [0.25, 0.3) is 33.1 Å². The predicted octanol–water partition coefficient (Wildman–Crippen LogP) is 4.89. The third kappa shape index (κ3) is 2.11. The summed E-state index contributed by atoms with van der Waals surface area (Å²) in [5.74, 6) is -1.66. The Labute approximate surface area is 129 Å². The summed E-state index contributed by atoms with van der Waals surface area (Å²) in [6.45, 7) is 0. The molecule has 3 aromatic carbocycles. The van der Waals surface area contributed by atoms with E-state index in [1.54, 1.807) is 6.07 Å². The fourth-order valence-electron chi connectivity index (χ4n) is 2.74. The van der Waals surface area contributed by atoms with Crippen molar-refractivity contribution in [1.82, 2.24) is 0 Å². The largest absolute Gasteiger partial charge is 0.455 e. The molecule has 0 amide bonds. The molecule has 0 N–H and O–H groups in total. The minimum absolute atomic E-state index is 0.116. The highest BCUT2D eigenvalue weighted by Crippen LogP contribution is 2.30. The first kappa shape index (κ1) is 13.6. The van der Waals surface area contributed by atoms with Crippen molar-refractivity contribution >= 4 is 21.7 Å². The van der Waals surface area contributed by atoms with Gasteiger partial charge in [0.2, 0.25) is 0 Å². The molecule has 0 spiro atoms. The topological polar surface area (TPSA) is 30.2 Å². The van der Waals surface area contributed by atoms with Crippen LogP contribution >= 0.6 is 0 Å². The SMILES string of the molecule is O=c1cc(-c2c(F)cccc2F)oc2c1ccc1ccccc12. The fourth-order valence-corrected chi connectivity index (χ4v) is 2.74. The molecule has 0 aliphatic rings. The third-order valence-corrected chi connectivity index (χ3v) is 3.83. The van der Waals surface area contributed by atoms with E-state index in [-0.39, 0.29) is 16.8 Å². The first-order valence-corrected chi connectivity index (χ1v) is 7.05. The Hall–Kier alpha value is -3.01. The molecule has 4 heteroatoms. The maximum atomic E-state index is 14.0.